The fourth-order valence-corrected chi connectivity index (χ4v) is 6.28. The Balaban J connectivity index is 2.33. The molecule has 3 heterocycles. The normalized spacial score (nSPS) is 44.5. The van der Waals surface area contributed by atoms with E-state index in [2.05, 4.69) is 52.1 Å². The Morgan fingerprint density at radius 1 is 1.00 bits per heavy atom. The number of ketones is 1. The Bertz CT molecular complexity index is 1040. The summed E-state index contributed by atoms with van der Waals surface area (Å²) in [6.07, 6.45) is 13.5. The molecule has 0 radical (unpaired) electrons. The Kier molecular flexibility index (Phi) is 11.1. The molecule has 0 spiro atoms. The minimum atomic E-state index is -0.782. The third kappa shape index (κ3) is 7.68. The van der Waals surface area contributed by atoms with Crippen molar-refractivity contribution in [3.8, 4) is 0 Å². The zero-order valence-electron chi connectivity index (χ0n) is 25.3. The smallest absolute Gasteiger partial charge is 0.248 e. The zero-order valence-corrected chi connectivity index (χ0v) is 25.3. The largest absolute Gasteiger partial charge is 0.373 e. The molecule has 1 N–H and O–H groups in total. The quantitative estimate of drug-likeness (QED) is 0.459. The Labute approximate surface area is 235 Å². The van der Waals surface area contributed by atoms with Crippen molar-refractivity contribution in [2.45, 2.75) is 98.9 Å². The van der Waals surface area contributed by atoms with E-state index in [9.17, 15) is 9.59 Å². The molecule has 0 aromatic rings. The SMILES string of the molecule is CCC1OC2C(C)/C=C(C)\C=C(/C)C(=O)NC3OC(C(C)C(=O)/C=C/C1C)C(C)C2C/C(C)=C\C=C/C3OC. The van der Waals surface area contributed by atoms with Gasteiger partial charge >= 0.3 is 0 Å². The second kappa shape index (κ2) is 13.9. The van der Waals surface area contributed by atoms with Crippen LogP contribution in [0.2, 0.25) is 0 Å². The van der Waals surface area contributed by atoms with E-state index in [1.54, 1.807) is 13.2 Å². The van der Waals surface area contributed by atoms with Crippen molar-refractivity contribution >= 4 is 11.7 Å². The highest BCUT2D eigenvalue weighted by Gasteiger charge is 2.42. The first kappa shape index (κ1) is 31.3. The number of nitrogens with one attached hydrogen (secondary N) is 1. The average Bonchev–Trinajstić information content (AvgIpc) is 2.91. The first-order chi connectivity index (χ1) is 18.5. The number of allylic oxidation sites excluding steroid dienone is 6. The maximum absolute atomic E-state index is 13.6. The lowest BCUT2D eigenvalue weighted by Crippen LogP contribution is -2.52. The fourth-order valence-electron chi connectivity index (χ4n) is 6.28. The molecule has 4 bridgehead atoms. The summed E-state index contributed by atoms with van der Waals surface area (Å²) in [7, 11) is 1.61. The number of amides is 1. The summed E-state index contributed by atoms with van der Waals surface area (Å²) < 4.78 is 19.7. The van der Waals surface area contributed by atoms with E-state index >= 15 is 0 Å². The molecule has 0 fully saturated rings. The first-order valence-electron chi connectivity index (χ1n) is 14.5. The number of ether oxygens (including phenoxy) is 3. The Hall–Kier alpha value is -2.28. The molecule has 1 amide bonds. The highest BCUT2D eigenvalue weighted by Crippen LogP contribution is 2.39. The minimum absolute atomic E-state index is 0.0201. The van der Waals surface area contributed by atoms with Crippen LogP contribution in [-0.4, -0.2) is 49.4 Å². The van der Waals surface area contributed by atoms with E-state index in [0.29, 0.717) is 5.57 Å². The number of hydrogen-bond donors (Lipinski definition) is 1. The van der Waals surface area contributed by atoms with Crippen LogP contribution in [0.4, 0.5) is 0 Å². The zero-order chi connectivity index (χ0) is 28.9. The fraction of sp³-hybridized carbons (Fsp3) is 0.636. The number of carbonyl (C=O) groups is 2. The highest BCUT2D eigenvalue weighted by molar-refractivity contribution is 5.93. The van der Waals surface area contributed by atoms with Crippen LogP contribution in [0.15, 0.2) is 59.3 Å². The van der Waals surface area contributed by atoms with Gasteiger partial charge in [0.25, 0.3) is 0 Å². The molecule has 3 aliphatic heterocycles. The van der Waals surface area contributed by atoms with E-state index in [-0.39, 0.29) is 47.6 Å². The van der Waals surface area contributed by atoms with Gasteiger partial charge in [0.05, 0.1) is 18.3 Å². The average molecular weight is 540 g/mol. The van der Waals surface area contributed by atoms with Crippen molar-refractivity contribution in [1.29, 1.82) is 0 Å². The summed E-state index contributed by atoms with van der Waals surface area (Å²) in [5, 5.41) is 3.07. The molecular weight excluding hydrogens is 490 g/mol. The van der Waals surface area contributed by atoms with E-state index in [0.717, 1.165) is 18.4 Å². The number of hydrogen-bond acceptors (Lipinski definition) is 5. The van der Waals surface area contributed by atoms with Crippen molar-refractivity contribution in [2.24, 2.45) is 29.6 Å². The number of carbonyl (C=O) groups excluding carboxylic acids is 2. The van der Waals surface area contributed by atoms with Gasteiger partial charge in [0, 0.05) is 30.4 Å². The van der Waals surface area contributed by atoms with Crippen LogP contribution in [0, 0.1) is 29.6 Å². The van der Waals surface area contributed by atoms with Crippen LogP contribution in [0.5, 0.6) is 0 Å². The molecule has 0 saturated carbocycles. The van der Waals surface area contributed by atoms with Gasteiger partial charge in [0.15, 0.2) is 12.0 Å². The third-order valence-electron chi connectivity index (χ3n) is 8.68. The lowest BCUT2D eigenvalue weighted by Gasteiger charge is -2.42. The molecular formula is C33H49NO5. The molecule has 6 heteroatoms. The number of methoxy groups -OCH3 is 1. The third-order valence-corrected chi connectivity index (χ3v) is 8.68. The molecule has 10 unspecified atom stereocenters. The van der Waals surface area contributed by atoms with E-state index in [4.69, 9.17) is 14.2 Å². The highest BCUT2D eigenvalue weighted by atomic mass is 16.6. The molecule has 0 aromatic carbocycles. The number of fused-ring (bicyclic) bond motifs is 1. The Morgan fingerprint density at radius 2 is 1.72 bits per heavy atom. The molecule has 39 heavy (non-hydrogen) atoms. The molecule has 0 aromatic heterocycles. The van der Waals surface area contributed by atoms with Gasteiger partial charge in [-0.15, -0.1) is 0 Å². The van der Waals surface area contributed by atoms with Gasteiger partial charge in [-0.25, -0.2) is 0 Å². The molecule has 3 rings (SSSR count). The predicted molar refractivity (Wildman–Crippen MR) is 156 cm³/mol. The van der Waals surface area contributed by atoms with Gasteiger partial charge in [0.1, 0.15) is 6.10 Å². The number of rotatable bonds is 2. The molecule has 0 saturated heterocycles. The van der Waals surface area contributed by atoms with Crippen LogP contribution < -0.4 is 5.32 Å². The van der Waals surface area contributed by atoms with E-state index in [1.807, 2.05) is 45.1 Å². The lowest BCUT2D eigenvalue weighted by molar-refractivity contribution is -0.159. The maximum Gasteiger partial charge on any atom is 0.248 e. The summed E-state index contributed by atoms with van der Waals surface area (Å²) in [5.41, 5.74) is 2.81. The van der Waals surface area contributed by atoms with Crippen LogP contribution in [0.3, 0.4) is 0 Å². The van der Waals surface area contributed by atoms with Crippen LogP contribution in [0.25, 0.3) is 0 Å². The molecule has 6 nitrogen and oxygen atoms in total. The summed E-state index contributed by atoms with van der Waals surface area (Å²) in [5.74, 6) is -0.473. The standard InChI is InChI=1S/C33H49NO5/c1-10-28-21(4)14-15-27(35)25(8)31-24(7)26-18-19(2)12-11-13-29(37-9)33(39-31)34-32(36)23(6)17-20(3)16-22(5)30(26)38-28/h11-17,21-22,24-26,28-31,33H,10,18H2,1-9H3,(H,34,36)/b13-11-,15-14+,19-12-,20-16-,23-17+. The first-order valence-corrected chi connectivity index (χ1v) is 14.5. The van der Waals surface area contributed by atoms with Gasteiger partial charge in [-0.1, -0.05) is 82.2 Å². The summed E-state index contributed by atoms with van der Waals surface area (Å²) in [4.78, 5) is 26.9. The topological polar surface area (TPSA) is 73.9 Å². The van der Waals surface area contributed by atoms with Crippen molar-refractivity contribution in [2.75, 3.05) is 7.11 Å². The van der Waals surface area contributed by atoms with Gasteiger partial charge in [-0.05, 0) is 51.5 Å². The van der Waals surface area contributed by atoms with Crippen LogP contribution in [0.1, 0.15) is 68.2 Å². The van der Waals surface area contributed by atoms with E-state index < -0.39 is 24.4 Å². The van der Waals surface area contributed by atoms with Gasteiger partial charge in [-0.2, -0.15) is 0 Å². The maximum atomic E-state index is 13.6. The van der Waals surface area contributed by atoms with Crippen molar-refractivity contribution in [3.05, 3.63) is 59.3 Å². The van der Waals surface area contributed by atoms with Crippen molar-refractivity contribution < 1.29 is 23.8 Å². The summed E-state index contributed by atoms with van der Waals surface area (Å²) >= 11 is 0. The monoisotopic (exact) mass is 539 g/mol. The molecule has 0 aliphatic carbocycles. The Morgan fingerprint density at radius 3 is 2.38 bits per heavy atom. The van der Waals surface area contributed by atoms with Gasteiger partial charge < -0.3 is 19.5 Å². The molecule has 216 valence electrons. The summed E-state index contributed by atoms with van der Waals surface area (Å²) in [6, 6.07) is 0. The van der Waals surface area contributed by atoms with E-state index in [1.165, 1.54) is 5.57 Å². The van der Waals surface area contributed by atoms with Crippen molar-refractivity contribution in [1.82, 2.24) is 5.32 Å². The predicted octanol–water partition coefficient (Wildman–Crippen LogP) is 6.10. The molecule has 3 aliphatic rings. The minimum Gasteiger partial charge on any atom is -0.373 e. The lowest BCUT2D eigenvalue weighted by atomic mass is 9.73. The van der Waals surface area contributed by atoms with Crippen LogP contribution in [-0.2, 0) is 23.8 Å². The molecule has 10 atom stereocenters. The van der Waals surface area contributed by atoms with Gasteiger partial charge in [0.2, 0.25) is 5.91 Å². The van der Waals surface area contributed by atoms with Crippen molar-refractivity contribution in [3.63, 3.8) is 0 Å². The van der Waals surface area contributed by atoms with Gasteiger partial charge in [-0.3, -0.25) is 9.59 Å². The summed E-state index contributed by atoms with van der Waals surface area (Å²) in [6.45, 7) is 16.6. The van der Waals surface area contributed by atoms with Crippen LogP contribution >= 0.6 is 0 Å². The second-order valence-corrected chi connectivity index (χ2v) is 11.9. The second-order valence-electron chi connectivity index (χ2n) is 11.9.